The Morgan fingerprint density at radius 1 is 1.41 bits per heavy atom. The van der Waals surface area contributed by atoms with Crippen molar-refractivity contribution in [2.24, 2.45) is 0 Å². The second kappa shape index (κ2) is 4.79. The molecule has 1 aromatic heterocycles. The predicted octanol–water partition coefficient (Wildman–Crippen LogP) is 3.25. The number of aryl methyl sites for hydroxylation is 1. The number of aromatic nitrogens is 3. The molecule has 0 bridgehead atoms. The van der Waals surface area contributed by atoms with Gasteiger partial charge in [-0.05, 0) is 36.8 Å². The summed E-state index contributed by atoms with van der Waals surface area (Å²) in [5, 5.41) is 6.96. The predicted molar refractivity (Wildman–Crippen MR) is 67.0 cm³/mol. The molecule has 0 saturated heterocycles. The highest BCUT2D eigenvalue weighted by Gasteiger charge is 2.13. The van der Waals surface area contributed by atoms with Crippen LogP contribution >= 0.6 is 12.2 Å². The molecule has 90 valence electrons. The van der Waals surface area contributed by atoms with Crippen molar-refractivity contribution in [1.29, 1.82) is 0 Å². The fourth-order valence-electron chi connectivity index (χ4n) is 1.88. The van der Waals surface area contributed by atoms with Gasteiger partial charge in [0.2, 0.25) is 0 Å². The van der Waals surface area contributed by atoms with Gasteiger partial charge in [0, 0.05) is 6.42 Å². The van der Waals surface area contributed by atoms with Crippen molar-refractivity contribution in [3.8, 4) is 0 Å². The minimum atomic E-state index is -0.229. The van der Waals surface area contributed by atoms with Crippen LogP contribution in [0.5, 0.6) is 0 Å². The van der Waals surface area contributed by atoms with Crippen molar-refractivity contribution >= 4 is 12.2 Å². The maximum Gasteiger partial charge on any atom is 0.195 e. The van der Waals surface area contributed by atoms with Crippen LogP contribution < -0.4 is 0 Å². The first-order valence-electron chi connectivity index (χ1n) is 5.54. The molecule has 0 fully saturated rings. The van der Waals surface area contributed by atoms with Gasteiger partial charge >= 0.3 is 0 Å². The maximum atomic E-state index is 12.9. The van der Waals surface area contributed by atoms with Crippen molar-refractivity contribution in [2.75, 3.05) is 0 Å². The SMILES string of the molecule is CCc1n[nH]c(=S)n1C(C)c1ccc(F)cc1. The van der Waals surface area contributed by atoms with Crippen molar-refractivity contribution < 1.29 is 4.39 Å². The van der Waals surface area contributed by atoms with Gasteiger partial charge in [-0.1, -0.05) is 19.1 Å². The van der Waals surface area contributed by atoms with Crippen molar-refractivity contribution in [1.82, 2.24) is 14.8 Å². The number of H-pyrrole nitrogens is 1. The lowest BCUT2D eigenvalue weighted by atomic mass is 10.1. The van der Waals surface area contributed by atoms with Gasteiger partial charge in [0.25, 0.3) is 0 Å². The van der Waals surface area contributed by atoms with Crippen LogP contribution in [0.25, 0.3) is 0 Å². The van der Waals surface area contributed by atoms with E-state index in [2.05, 4.69) is 10.2 Å². The van der Waals surface area contributed by atoms with E-state index in [4.69, 9.17) is 12.2 Å². The van der Waals surface area contributed by atoms with E-state index in [0.29, 0.717) is 4.77 Å². The Balaban J connectivity index is 2.43. The Bertz CT molecular complexity index is 556. The number of hydrogen-bond donors (Lipinski definition) is 1. The Labute approximate surface area is 104 Å². The van der Waals surface area contributed by atoms with Crippen LogP contribution in [0.15, 0.2) is 24.3 Å². The van der Waals surface area contributed by atoms with E-state index in [1.807, 2.05) is 18.4 Å². The van der Waals surface area contributed by atoms with E-state index in [9.17, 15) is 4.39 Å². The fourth-order valence-corrected chi connectivity index (χ4v) is 2.19. The zero-order valence-electron chi connectivity index (χ0n) is 9.77. The smallest absolute Gasteiger partial charge is 0.195 e. The summed E-state index contributed by atoms with van der Waals surface area (Å²) in [5.74, 6) is 0.680. The van der Waals surface area contributed by atoms with Crippen LogP contribution in [-0.2, 0) is 6.42 Å². The van der Waals surface area contributed by atoms with Gasteiger partial charge in [0.1, 0.15) is 11.6 Å². The molecule has 0 amide bonds. The lowest BCUT2D eigenvalue weighted by Crippen LogP contribution is -2.10. The van der Waals surface area contributed by atoms with Crippen molar-refractivity contribution in [3.05, 3.63) is 46.2 Å². The first-order valence-corrected chi connectivity index (χ1v) is 5.95. The lowest BCUT2D eigenvalue weighted by molar-refractivity contribution is 0.592. The molecule has 2 rings (SSSR count). The number of nitrogens with one attached hydrogen (secondary N) is 1. The normalized spacial score (nSPS) is 12.6. The van der Waals surface area contributed by atoms with E-state index < -0.39 is 0 Å². The molecule has 0 aliphatic rings. The van der Waals surface area contributed by atoms with E-state index >= 15 is 0 Å². The molecule has 1 heterocycles. The maximum absolute atomic E-state index is 12.9. The molecular weight excluding hydrogens is 237 g/mol. The number of aromatic amines is 1. The number of hydrogen-bond acceptors (Lipinski definition) is 2. The molecule has 0 aliphatic carbocycles. The minimum absolute atomic E-state index is 0.0526. The molecule has 1 aromatic carbocycles. The van der Waals surface area contributed by atoms with Gasteiger partial charge in [-0.25, -0.2) is 4.39 Å². The minimum Gasteiger partial charge on any atom is -0.297 e. The third-order valence-electron chi connectivity index (χ3n) is 2.83. The summed E-state index contributed by atoms with van der Waals surface area (Å²) < 4.78 is 15.4. The molecule has 17 heavy (non-hydrogen) atoms. The van der Waals surface area contributed by atoms with Gasteiger partial charge in [-0.2, -0.15) is 5.10 Å². The second-order valence-corrected chi connectivity index (χ2v) is 4.28. The third kappa shape index (κ3) is 2.29. The number of rotatable bonds is 3. The molecule has 1 atom stereocenters. The number of nitrogens with zero attached hydrogens (tertiary/aromatic N) is 2. The van der Waals surface area contributed by atoms with Crippen LogP contribution in [0.3, 0.4) is 0 Å². The molecule has 5 heteroatoms. The lowest BCUT2D eigenvalue weighted by Gasteiger charge is -2.15. The Kier molecular flexibility index (Phi) is 3.38. The second-order valence-electron chi connectivity index (χ2n) is 3.90. The molecule has 1 unspecified atom stereocenters. The highest BCUT2D eigenvalue weighted by atomic mass is 32.1. The Hall–Kier alpha value is -1.49. The first kappa shape index (κ1) is 12.0. The van der Waals surface area contributed by atoms with Crippen LogP contribution in [0, 0.1) is 10.6 Å². The van der Waals surface area contributed by atoms with Gasteiger partial charge in [-0.15, -0.1) is 0 Å². The molecule has 0 saturated carbocycles. The number of halogens is 1. The highest BCUT2D eigenvalue weighted by molar-refractivity contribution is 7.71. The summed E-state index contributed by atoms with van der Waals surface area (Å²) in [6.45, 7) is 4.05. The van der Waals surface area contributed by atoms with Gasteiger partial charge < -0.3 is 0 Å². The average Bonchev–Trinajstić information content (AvgIpc) is 2.70. The van der Waals surface area contributed by atoms with E-state index in [-0.39, 0.29) is 11.9 Å². The van der Waals surface area contributed by atoms with E-state index in [0.717, 1.165) is 17.8 Å². The topological polar surface area (TPSA) is 33.6 Å². The quantitative estimate of drug-likeness (QED) is 0.849. The fraction of sp³-hybridized carbons (Fsp3) is 0.333. The summed E-state index contributed by atoms with van der Waals surface area (Å²) >= 11 is 5.21. The molecule has 0 spiro atoms. The average molecular weight is 251 g/mol. The van der Waals surface area contributed by atoms with Crippen LogP contribution in [0.1, 0.15) is 31.3 Å². The first-order chi connectivity index (χ1) is 8.13. The van der Waals surface area contributed by atoms with Crippen molar-refractivity contribution in [2.45, 2.75) is 26.3 Å². The van der Waals surface area contributed by atoms with Crippen LogP contribution in [-0.4, -0.2) is 14.8 Å². The van der Waals surface area contributed by atoms with Gasteiger partial charge in [0.15, 0.2) is 4.77 Å². The van der Waals surface area contributed by atoms with Gasteiger partial charge in [-0.3, -0.25) is 9.67 Å². The largest absolute Gasteiger partial charge is 0.297 e. The summed E-state index contributed by atoms with van der Waals surface area (Å²) in [6, 6.07) is 6.52. The molecule has 3 nitrogen and oxygen atoms in total. The third-order valence-corrected chi connectivity index (χ3v) is 3.12. The molecule has 1 N–H and O–H groups in total. The number of benzene rings is 1. The monoisotopic (exact) mass is 251 g/mol. The van der Waals surface area contributed by atoms with Crippen LogP contribution in [0.2, 0.25) is 0 Å². The standard InChI is InChI=1S/C12H14FN3S/c1-3-11-14-15-12(17)16(11)8(2)9-4-6-10(13)7-5-9/h4-8H,3H2,1-2H3,(H,15,17). The summed E-state index contributed by atoms with van der Waals surface area (Å²) in [6.07, 6.45) is 0.804. The Morgan fingerprint density at radius 3 is 2.65 bits per heavy atom. The molecule has 2 aromatic rings. The van der Waals surface area contributed by atoms with E-state index in [1.54, 1.807) is 12.1 Å². The summed E-state index contributed by atoms with van der Waals surface area (Å²) in [5.41, 5.74) is 1.01. The van der Waals surface area contributed by atoms with Gasteiger partial charge in [0.05, 0.1) is 6.04 Å². The summed E-state index contributed by atoms with van der Waals surface area (Å²) in [4.78, 5) is 0. The highest BCUT2D eigenvalue weighted by Crippen LogP contribution is 2.20. The molecular formula is C12H14FN3S. The van der Waals surface area contributed by atoms with E-state index in [1.165, 1.54) is 12.1 Å². The summed E-state index contributed by atoms with van der Waals surface area (Å²) in [7, 11) is 0. The molecule has 0 aliphatic heterocycles. The zero-order chi connectivity index (χ0) is 12.4. The molecule has 0 radical (unpaired) electrons. The Morgan fingerprint density at radius 2 is 2.06 bits per heavy atom. The zero-order valence-corrected chi connectivity index (χ0v) is 10.6. The van der Waals surface area contributed by atoms with Crippen molar-refractivity contribution in [3.63, 3.8) is 0 Å². The van der Waals surface area contributed by atoms with Crippen LogP contribution in [0.4, 0.5) is 4.39 Å².